The number of hydrogen-bond donors (Lipinski definition) is 3. The Morgan fingerprint density at radius 2 is 1.55 bits per heavy atom. The van der Waals surface area contributed by atoms with E-state index in [1.165, 1.54) is 28.6 Å². The highest BCUT2D eigenvalue weighted by molar-refractivity contribution is 7.89. The Balaban J connectivity index is 1.44. The molecule has 1 saturated heterocycles. The molecule has 294 valence electrons. The van der Waals surface area contributed by atoms with Crippen LogP contribution in [0.15, 0.2) is 89.8 Å². The van der Waals surface area contributed by atoms with Crippen molar-refractivity contribution in [1.29, 1.82) is 0 Å². The third kappa shape index (κ3) is 10.1. The minimum atomic E-state index is -4.98. The summed E-state index contributed by atoms with van der Waals surface area (Å²) >= 11 is 0. The number of halogens is 7. The first-order valence-electron chi connectivity index (χ1n) is 16.7. The van der Waals surface area contributed by atoms with Gasteiger partial charge in [-0.15, -0.1) is 13.2 Å². The lowest BCUT2D eigenvalue weighted by molar-refractivity contribution is -0.274. The van der Waals surface area contributed by atoms with Gasteiger partial charge in [0.25, 0.3) is 0 Å². The molecule has 4 aromatic rings. The van der Waals surface area contributed by atoms with E-state index in [-0.39, 0.29) is 53.2 Å². The van der Waals surface area contributed by atoms with Gasteiger partial charge in [-0.25, -0.2) is 30.8 Å². The van der Waals surface area contributed by atoms with Gasteiger partial charge in [-0.1, -0.05) is 18.2 Å². The highest BCUT2D eigenvalue weighted by atomic mass is 32.2. The van der Waals surface area contributed by atoms with Crippen LogP contribution in [0.25, 0.3) is 0 Å². The maximum Gasteiger partial charge on any atom is 0.573 e. The van der Waals surface area contributed by atoms with Gasteiger partial charge >= 0.3 is 12.5 Å². The molecule has 2 amide bonds. The van der Waals surface area contributed by atoms with Gasteiger partial charge in [0.2, 0.25) is 15.9 Å². The number of alkyl halides is 3. The van der Waals surface area contributed by atoms with Crippen LogP contribution in [-0.4, -0.2) is 69.4 Å². The van der Waals surface area contributed by atoms with E-state index in [2.05, 4.69) is 20.7 Å². The molecule has 4 aromatic carbocycles. The SMILES string of the molecule is COC(=O)N[C@H](C(=O)Nc1cccc(F)c1CC[C@H]1CNC[C@@H](C)N1S(=O)(=O)c1ccc(OC(F)(F)F)cc1)[C@@H](c1ccc(F)cc1)c1cc(F)cc(F)c1. The highest BCUT2D eigenvalue weighted by Gasteiger charge is 2.39. The Kier molecular flexibility index (Phi) is 12.7. The largest absolute Gasteiger partial charge is 0.573 e. The van der Waals surface area contributed by atoms with E-state index in [0.29, 0.717) is 6.07 Å². The Hall–Kier alpha value is -5.20. The summed E-state index contributed by atoms with van der Waals surface area (Å²) in [6.07, 6.45) is -6.23. The topological polar surface area (TPSA) is 126 Å². The second kappa shape index (κ2) is 17.1. The fourth-order valence-electron chi connectivity index (χ4n) is 6.54. The molecule has 55 heavy (non-hydrogen) atoms. The van der Waals surface area contributed by atoms with Gasteiger partial charge in [-0.05, 0) is 91.6 Å². The van der Waals surface area contributed by atoms with Crippen molar-refractivity contribution in [2.24, 2.45) is 0 Å². The third-order valence-corrected chi connectivity index (χ3v) is 11.0. The van der Waals surface area contributed by atoms with E-state index in [1.807, 2.05) is 0 Å². The molecule has 0 radical (unpaired) electrons. The van der Waals surface area contributed by atoms with E-state index >= 15 is 4.39 Å². The zero-order valence-electron chi connectivity index (χ0n) is 29.2. The Bertz CT molecular complexity index is 2080. The monoisotopic (exact) mass is 796 g/mol. The predicted molar refractivity (Wildman–Crippen MR) is 186 cm³/mol. The number of nitrogens with zero attached hydrogens (tertiary/aromatic N) is 1. The number of amides is 2. The number of benzene rings is 4. The molecule has 4 atom stereocenters. The smallest absolute Gasteiger partial charge is 0.453 e. The number of carbonyl (C=O) groups is 2. The van der Waals surface area contributed by atoms with Crippen molar-refractivity contribution in [2.75, 3.05) is 25.5 Å². The molecule has 18 heteroatoms. The van der Waals surface area contributed by atoms with Crippen molar-refractivity contribution in [3.05, 3.63) is 125 Å². The van der Waals surface area contributed by atoms with E-state index in [9.17, 15) is 44.3 Å². The molecule has 0 spiro atoms. The fraction of sp³-hybridized carbons (Fsp3) is 0.297. The molecule has 0 saturated carbocycles. The second-order valence-corrected chi connectivity index (χ2v) is 14.5. The normalized spacial score (nSPS) is 17.5. The van der Waals surface area contributed by atoms with Crippen molar-refractivity contribution in [2.45, 2.75) is 55.1 Å². The Morgan fingerprint density at radius 1 is 0.891 bits per heavy atom. The van der Waals surface area contributed by atoms with E-state index in [4.69, 9.17) is 4.74 Å². The van der Waals surface area contributed by atoms with Crippen LogP contribution in [0.4, 0.5) is 41.2 Å². The van der Waals surface area contributed by atoms with Crippen LogP contribution in [0.5, 0.6) is 5.75 Å². The van der Waals surface area contributed by atoms with Gasteiger partial charge < -0.3 is 25.4 Å². The molecular formula is C37H35F7N4O6S. The van der Waals surface area contributed by atoms with Crippen LogP contribution in [-0.2, 0) is 26.0 Å². The van der Waals surface area contributed by atoms with Crippen molar-refractivity contribution < 1.29 is 58.2 Å². The number of carbonyl (C=O) groups excluding carboxylic acids is 2. The summed E-state index contributed by atoms with van der Waals surface area (Å²) < 4.78 is 134. The first-order valence-corrected chi connectivity index (χ1v) is 18.1. The quantitative estimate of drug-likeness (QED) is 0.138. The number of rotatable bonds is 12. The highest BCUT2D eigenvalue weighted by Crippen LogP contribution is 2.33. The van der Waals surface area contributed by atoms with Crippen LogP contribution in [0, 0.1) is 23.3 Å². The van der Waals surface area contributed by atoms with Crippen LogP contribution in [0.1, 0.15) is 36.0 Å². The molecule has 1 aliphatic rings. The van der Waals surface area contributed by atoms with Gasteiger partial charge in [-0.2, -0.15) is 4.31 Å². The van der Waals surface area contributed by atoms with E-state index in [0.717, 1.165) is 61.7 Å². The maximum absolute atomic E-state index is 15.6. The molecule has 5 rings (SSSR count). The molecule has 1 aliphatic heterocycles. The standard InChI is InChI=1S/C37H35F7N4O6S/c1-21-19-45-20-27(48(21)55(51,52)29-13-11-28(12-14-29)54-37(42,43)44)10-15-30-31(41)4-3-5-32(30)46-35(49)34(47-36(50)53-2)33(22-6-8-24(38)9-7-22)23-16-25(39)18-26(40)17-23/h3-9,11-14,16-18,21,27,33-34,45H,10,15,19-20H2,1-2H3,(H,46,49)(H,47,50)/t21-,27+,33+,34+/m1/s1. The number of ether oxygens (including phenoxy) is 2. The number of methoxy groups -OCH3 is 1. The maximum atomic E-state index is 15.6. The summed E-state index contributed by atoms with van der Waals surface area (Å²) in [5.74, 6) is -6.34. The zero-order chi connectivity index (χ0) is 40.1. The van der Waals surface area contributed by atoms with Crippen molar-refractivity contribution >= 4 is 27.7 Å². The second-order valence-electron chi connectivity index (χ2n) is 12.7. The van der Waals surface area contributed by atoms with Crippen LogP contribution in [0.3, 0.4) is 0 Å². The minimum absolute atomic E-state index is 0.000253. The fourth-order valence-corrected chi connectivity index (χ4v) is 8.38. The average molecular weight is 797 g/mol. The zero-order valence-corrected chi connectivity index (χ0v) is 30.0. The van der Waals surface area contributed by atoms with Crippen LogP contribution < -0.4 is 20.7 Å². The first kappa shape index (κ1) is 41.0. The van der Waals surface area contributed by atoms with E-state index in [1.54, 1.807) is 6.92 Å². The number of sulfonamides is 1. The number of anilines is 1. The molecule has 3 N–H and O–H groups in total. The van der Waals surface area contributed by atoms with Crippen LogP contribution >= 0.6 is 0 Å². The minimum Gasteiger partial charge on any atom is -0.453 e. The van der Waals surface area contributed by atoms with Gasteiger partial charge in [-0.3, -0.25) is 4.79 Å². The van der Waals surface area contributed by atoms with Crippen molar-refractivity contribution in [1.82, 2.24) is 14.9 Å². The van der Waals surface area contributed by atoms with E-state index < -0.39 is 81.4 Å². The van der Waals surface area contributed by atoms with Crippen molar-refractivity contribution in [3.8, 4) is 5.75 Å². The summed E-state index contributed by atoms with van der Waals surface area (Å²) in [6.45, 7) is 2.00. The molecule has 0 aliphatic carbocycles. The first-order chi connectivity index (χ1) is 26.0. The average Bonchev–Trinajstić information content (AvgIpc) is 3.10. The third-order valence-electron chi connectivity index (χ3n) is 8.90. The van der Waals surface area contributed by atoms with Crippen LogP contribution in [0.2, 0.25) is 0 Å². The number of alkyl carbamates (subject to hydrolysis) is 1. The lowest BCUT2D eigenvalue weighted by Crippen LogP contribution is -2.58. The Morgan fingerprint density at radius 3 is 2.16 bits per heavy atom. The molecule has 10 nitrogen and oxygen atoms in total. The van der Waals surface area contributed by atoms with Crippen molar-refractivity contribution in [3.63, 3.8) is 0 Å². The lowest BCUT2D eigenvalue weighted by Gasteiger charge is -2.40. The number of piperazine rings is 1. The molecule has 0 unspecified atom stereocenters. The summed E-state index contributed by atoms with van der Waals surface area (Å²) in [5, 5.41) is 8.06. The Labute approximate surface area is 311 Å². The summed E-state index contributed by atoms with van der Waals surface area (Å²) in [7, 11) is -3.28. The number of hydrogen-bond acceptors (Lipinski definition) is 7. The molecule has 0 bridgehead atoms. The summed E-state index contributed by atoms with van der Waals surface area (Å²) in [5.41, 5.74) is -0.0588. The van der Waals surface area contributed by atoms with Gasteiger partial charge in [0.05, 0.1) is 12.0 Å². The lowest BCUT2D eigenvalue weighted by atomic mass is 9.84. The predicted octanol–water partition coefficient (Wildman–Crippen LogP) is 6.62. The molecule has 0 aromatic heterocycles. The van der Waals surface area contributed by atoms with Gasteiger partial charge in [0.15, 0.2) is 0 Å². The molecular weight excluding hydrogens is 761 g/mol. The summed E-state index contributed by atoms with van der Waals surface area (Å²) in [6, 6.07) is 11.5. The molecule has 1 fully saturated rings. The summed E-state index contributed by atoms with van der Waals surface area (Å²) in [4.78, 5) is 26.4. The van der Waals surface area contributed by atoms with Gasteiger partial charge in [0.1, 0.15) is 35.1 Å². The number of nitrogens with one attached hydrogen (secondary N) is 3. The van der Waals surface area contributed by atoms with Gasteiger partial charge in [0, 0.05) is 48.4 Å². The molecule has 1 heterocycles.